The molecule has 1 aromatic heterocycles. The van der Waals surface area contributed by atoms with Crippen molar-refractivity contribution in [2.45, 2.75) is 77.8 Å². The van der Waals surface area contributed by atoms with Crippen LogP contribution in [0.3, 0.4) is 0 Å². The summed E-state index contributed by atoms with van der Waals surface area (Å²) in [6.45, 7) is 7.07. The number of aryl methyl sites for hydroxylation is 1. The van der Waals surface area contributed by atoms with E-state index in [2.05, 4.69) is 56.7 Å². The van der Waals surface area contributed by atoms with Gasteiger partial charge in [0.15, 0.2) is 0 Å². The Morgan fingerprint density at radius 3 is 2.52 bits per heavy atom. The van der Waals surface area contributed by atoms with Crippen LogP contribution in [-0.4, -0.2) is 22.6 Å². The van der Waals surface area contributed by atoms with Gasteiger partial charge in [0.1, 0.15) is 0 Å². The minimum Gasteiger partial charge on any atom is -0.347 e. The zero-order valence-corrected chi connectivity index (χ0v) is 17.4. The summed E-state index contributed by atoms with van der Waals surface area (Å²) < 4.78 is 3.69. The third kappa shape index (κ3) is 5.34. The van der Waals surface area contributed by atoms with Gasteiger partial charge in [0, 0.05) is 34.7 Å². The molecule has 1 aliphatic heterocycles. The van der Waals surface area contributed by atoms with Gasteiger partial charge in [0.05, 0.1) is 0 Å². The van der Waals surface area contributed by atoms with E-state index >= 15 is 0 Å². The van der Waals surface area contributed by atoms with Crippen LogP contribution in [0.2, 0.25) is 0 Å². The number of hydrogen-bond acceptors (Lipinski definition) is 1. The van der Waals surface area contributed by atoms with E-state index in [0.717, 1.165) is 13.1 Å². The molecule has 3 heteroatoms. The smallest absolute Gasteiger partial charge is 0.0484 e. The maximum absolute atomic E-state index is 3.67. The number of aromatic nitrogens is 1. The van der Waals surface area contributed by atoms with E-state index < -0.39 is 0 Å². The van der Waals surface area contributed by atoms with Crippen molar-refractivity contribution in [1.82, 2.24) is 9.47 Å². The van der Waals surface area contributed by atoms with Crippen LogP contribution in [-0.2, 0) is 13.1 Å². The highest BCUT2D eigenvalue weighted by molar-refractivity contribution is 9.10. The molecule has 25 heavy (non-hydrogen) atoms. The van der Waals surface area contributed by atoms with Crippen LogP contribution >= 0.6 is 15.9 Å². The molecular formula is C22H33BrN2. The number of benzene rings is 1. The summed E-state index contributed by atoms with van der Waals surface area (Å²) in [5.74, 6) is 0. The molecular weight excluding hydrogens is 372 g/mol. The summed E-state index contributed by atoms with van der Waals surface area (Å²) in [5, 5.41) is 1.44. The van der Waals surface area contributed by atoms with Crippen molar-refractivity contribution in [3.8, 4) is 0 Å². The van der Waals surface area contributed by atoms with Crippen molar-refractivity contribution < 1.29 is 0 Å². The molecule has 0 amide bonds. The molecule has 2 nitrogen and oxygen atoms in total. The summed E-state index contributed by atoms with van der Waals surface area (Å²) in [6, 6.07) is 6.79. The van der Waals surface area contributed by atoms with E-state index in [-0.39, 0.29) is 0 Å². The number of halogens is 1. The molecule has 0 saturated carbocycles. The predicted octanol–water partition coefficient (Wildman–Crippen LogP) is 6.75. The average Bonchev–Trinajstić information content (AvgIpc) is 2.96. The molecule has 138 valence electrons. The van der Waals surface area contributed by atoms with Gasteiger partial charge in [0.2, 0.25) is 0 Å². The fourth-order valence-electron chi connectivity index (χ4n) is 4.08. The van der Waals surface area contributed by atoms with Crippen molar-refractivity contribution in [1.29, 1.82) is 0 Å². The molecule has 1 aliphatic rings. The van der Waals surface area contributed by atoms with Gasteiger partial charge in [-0.25, -0.2) is 0 Å². The monoisotopic (exact) mass is 404 g/mol. The maximum Gasteiger partial charge on any atom is 0.0484 e. The molecule has 2 aromatic rings. The van der Waals surface area contributed by atoms with Crippen molar-refractivity contribution in [2.75, 3.05) is 13.1 Å². The van der Waals surface area contributed by atoms with E-state index in [1.165, 1.54) is 91.8 Å². The molecule has 0 N–H and O–H groups in total. The molecule has 3 rings (SSSR count). The minimum atomic E-state index is 1.11. The maximum atomic E-state index is 3.67. The summed E-state index contributed by atoms with van der Waals surface area (Å²) in [7, 11) is 0. The molecule has 2 heterocycles. The van der Waals surface area contributed by atoms with Gasteiger partial charge in [-0.15, -0.1) is 0 Å². The standard InChI is InChI=1S/C22H33BrN2/c1-2-3-4-5-6-10-15-25-18-19(17-24-13-8-7-9-14-24)21-16-20(23)11-12-22(21)25/h11-12,16,18H,2-10,13-15,17H2,1H3. The molecule has 0 unspecified atom stereocenters. The van der Waals surface area contributed by atoms with E-state index in [1.54, 1.807) is 0 Å². The van der Waals surface area contributed by atoms with E-state index in [4.69, 9.17) is 0 Å². The van der Waals surface area contributed by atoms with Gasteiger partial charge in [-0.2, -0.15) is 0 Å². The van der Waals surface area contributed by atoms with Crippen molar-refractivity contribution in [3.05, 3.63) is 34.4 Å². The first-order chi connectivity index (χ1) is 12.3. The lowest BCUT2D eigenvalue weighted by Gasteiger charge is -2.26. The Bertz CT molecular complexity index is 655. The van der Waals surface area contributed by atoms with E-state index in [1.807, 2.05) is 0 Å². The molecule has 1 fully saturated rings. The highest BCUT2D eigenvalue weighted by Crippen LogP contribution is 2.27. The van der Waals surface area contributed by atoms with E-state index in [0.29, 0.717) is 0 Å². The lowest BCUT2D eigenvalue weighted by atomic mass is 10.1. The quantitative estimate of drug-likeness (QED) is 0.419. The van der Waals surface area contributed by atoms with Crippen molar-refractivity contribution in [2.24, 2.45) is 0 Å². The average molecular weight is 405 g/mol. The third-order valence-electron chi connectivity index (χ3n) is 5.52. The molecule has 0 aliphatic carbocycles. The van der Waals surface area contributed by atoms with Gasteiger partial charge in [-0.05, 0) is 56.1 Å². The summed E-state index contributed by atoms with van der Waals surface area (Å²) in [5.41, 5.74) is 2.91. The Labute approximate surface area is 161 Å². The normalized spacial score (nSPS) is 15.9. The number of nitrogens with zero attached hydrogens (tertiary/aromatic N) is 2. The second kappa shape index (κ2) is 9.78. The Kier molecular flexibility index (Phi) is 7.42. The number of rotatable bonds is 9. The summed E-state index contributed by atoms with van der Waals surface area (Å²) >= 11 is 3.67. The number of unbranched alkanes of at least 4 members (excludes halogenated alkanes) is 5. The second-order valence-corrected chi connectivity index (χ2v) is 8.53. The largest absolute Gasteiger partial charge is 0.347 e. The highest BCUT2D eigenvalue weighted by Gasteiger charge is 2.15. The second-order valence-electron chi connectivity index (χ2n) is 7.61. The third-order valence-corrected chi connectivity index (χ3v) is 6.01. The lowest BCUT2D eigenvalue weighted by molar-refractivity contribution is 0.221. The minimum absolute atomic E-state index is 1.11. The van der Waals surface area contributed by atoms with Crippen molar-refractivity contribution in [3.63, 3.8) is 0 Å². The van der Waals surface area contributed by atoms with Crippen LogP contribution in [0.15, 0.2) is 28.9 Å². The van der Waals surface area contributed by atoms with Crippen LogP contribution in [0, 0.1) is 0 Å². The fourth-order valence-corrected chi connectivity index (χ4v) is 4.44. The molecule has 0 bridgehead atoms. The fraction of sp³-hybridized carbons (Fsp3) is 0.636. The molecule has 1 aromatic carbocycles. The first-order valence-electron chi connectivity index (χ1n) is 10.3. The summed E-state index contributed by atoms with van der Waals surface area (Å²) in [4.78, 5) is 2.63. The predicted molar refractivity (Wildman–Crippen MR) is 112 cm³/mol. The zero-order chi connectivity index (χ0) is 17.5. The number of piperidine rings is 1. The number of fused-ring (bicyclic) bond motifs is 1. The summed E-state index contributed by atoms with van der Waals surface area (Å²) in [6.07, 6.45) is 14.7. The molecule has 0 atom stereocenters. The lowest BCUT2D eigenvalue weighted by Crippen LogP contribution is -2.28. The van der Waals surface area contributed by atoms with Crippen LogP contribution < -0.4 is 0 Å². The first-order valence-corrected chi connectivity index (χ1v) is 11.1. The van der Waals surface area contributed by atoms with Crippen LogP contribution in [0.4, 0.5) is 0 Å². The first kappa shape index (κ1) is 19.0. The number of likely N-dealkylation sites (tertiary alicyclic amines) is 1. The van der Waals surface area contributed by atoms with Gasteiger partial charge in [-0.1, -0.05) is 61.4 Å². The van der Waals surface area contributed by atoms with Gasteiger partial charge in [-0.3, -0.25) is 4.90 Å². The van der Waals surface area contributed by atoms with Gasteiger partial charge in [0.25, 0.3) is 0 Å². The molecule has 0 spiro atoms. The Balaban J connectivity index is 1.67. The van der Waals surface area contributed by atoms with Crippen LogP contribution in [0.1, 0.15) is 70.3 Å². The number of hydrogen-bond donors (Lipinski definition) is 0. The molecule has 1 saturated heterocycles. The Morgan fingerprint density at radius 1 is 0.960 bits per heavy atom. The van der Waals surface area contributed by atoms with Gasteiger partial charge >= 0.3 is 0 Å². The van der Waals surface area contributed by atoms with Crippen LogP contribution in [0.25, 0.3) is 10.9 Å². The zero-order valence-electron chi connectivity index (χ0n) is 15.8. The van der Waals surface area contributed by atoms with Crippen molar-refractivity contribution >= 4 is 26.8 Å². The Hall–Kier alpha value is -0.800. The molecule has 0 radical (unpaired) electrons. The SMILES string of the molecule is CCCCCCCCn1cc(CN2CCCCC2)c2cc(Br)ccc21. The van der Waals surface area contributed by atoms with E-state index in [9.17, 15) is 0 Å². The Morgan fingerprint density at radius 2 is 1.72 bits per heavy atom. The highest BCUT2D eigenvalue weighted by atomic mass is 79.9. The van der Waals surface area contributed by atoms with Crippen LogP contribution in [0.5, 0.6) is 0 Å². The van der Waals surface area contributed by atoms with Gasteiger partial charge < -0.3 is 4.57 Å². The topological polar surface area (TPSA) is 8.17 Å².